The standard InChI is InChI=1S/C12H13BrN4O2/c1-8-15-11(17-19-8)6-14-7-12(18)16-10-4-2-9(13)3-5-10/h2-5,14H,6-7H2,1H3,(H,16,18). The van der Waals surface area contributed by atoms with Crippen molar-refractivity contribution in [1.82, 2.24) is 15.5 Å². The van der Waals surface area contributed by atoms with Crippen molar-refractivity contribution in [1.29, 1.82) is 0 Å². The predicted octanol–water partition coefficient (Wildman–Crippen LogP) is 1.87. The molecule has 0 aliphatic rings. The zero-order valence-corrected chi connectivity index (χ0v) is 11.9. The molecule has 0 aliphatic heterocycles. The smallest absolute Gasteiger partial charge is 0.238 e. The van der Waals surface area contributed by atoms with Crippen molar-refractivity contribution in [2.45, 2.75) is 13.5 Å². The van der Waals surface area contributed by atoms with E-state index < -0.39 is 0 Å². The summed E-state index contributed by atoms with van der Waals surface area (Å²) in [6.07, 6.45) is 0. The molecule has 0 atom stereocenters. The summed E-state index contributed by atoms with van der Waals surface area (Å²) >= 11 is 3.33. The van der Waals surface area contributed by atoms with Gasteiger partial charge in [0.2, 0.25) is 11.8 Å². The number of hydrogen-bond acceptors (Lipinski definition) is 5. The Balaban J connectivity index is 1.74. The van der Waals surface area contributed by atoms with E-state index in [-0.39, 0.29) is 12.5 Å². The Bertz CT molecular complexity index is 553. The fourth-order valence-corrected chi connectivity index (χ4v) is 1.70. The molecule has 2 aromatic rings. The van der Waals surface area contributed by atoms with Gasteiger partial charge in [0.25, 0.3) is 0 Å². The molecule has 6 nitrogen and oxygen atoms in total. The molecule has 2 rings (SSSR count). The van der Waals surface area contributed by atoms with E-state index in [0.29, 0.717) is 18.3 Å². The molecule has 1 amide bonds. The summed E-state index contributed by atoms with van der Waals surface area (Å²) in [6, 6.07) is 7.38. The van der Waals surface area contributed by atoms with Gasteiger partial charge < -0.3 is 15.2 Å². The van der Waals surface area contributed by atoms with Crippen molar-refractivity contribution in [2.75, 3.05) is 11.9 Å². The molecule has 100 valence electrons. The quantitative estimate of drug-likeness (QED) is 0.877. The lowest BCUT2D eigenvalue weighted by molar-refractivity contribution is -0.115. The van der Waals surface area contributed by atoms with Crippen LogP contribution in [0.2, 0.25) is 0 Å². The van der Waals surface area contributed by atoms with Gasteiger partial charge in [-0.25, -0.2) is 0 Å². The third-order valence-corrected chi connectivity index (χ3v) is 2.79. The molecule has 0 radical (unpaired) electrons. The van der Waals surface area contributed by atoms with Gasteiger partial charge in [-0.3, -0.25) is 4.79 Å². The topological polar surface area (TPSA) is 80.0 Å². The van der Waals surface area contributed by atoms with Gasteiger partial charge in [-0.15, -0.1) is 0 Å². The lowest BCUT2D eigenvalue weighted by Gasteiger charge is -2.05. The number of anilines is 1. The molecule has 7 heteroatoms. The van der Waals surface area contributed by atoms with Gasteiger partial charge in [0, 0.05) is 17.1 Å². The zero-order valence-electron chi connectivity index (χ0n) is 10.3. The highest BCUT2D eigenvalue weighted by molar-refractivity contribution is 9.10. The number of amides is 1. The summed E-state index contributed by atoms with van der Waals surface area (Å²) in [5.41, 5.74) is 0.755. The minimum absolute atomic E-state index is 0.123. The molecule has 0 saturated carbocycles. The zero-order chi connectivity index (χ0) is 13.7. The van der Waals surface area contributed by atoms with Crippen LogP contribution in [0.25, 0.3) is 0 Å². The van der Waals surface area contributed by atoms with Gasteiger partial charge in [0.15, 0.2) is 5.82 Å². The predicted molar refractivity (Wildman–Crippen MR) is 73.5 cm³/mol. The molecule has 1 heterocycles. The molecule has 0 bridgehead atoms. The molecule has 0 aliphatic carbocycles. The third-order valence-electron chi connectivity index (χ3n) is 2.27. The summed E-state index contributed by atoms with van der Waals surface area (Å²) in [5, 5.41) is 9.43. The minimum atomic E-state index is -0.123. The van der Waals surface area contributed by atoms with Crippen LogP contribution in [0.4, 0.5) is 5.69 Å². The maximum absolute atomic E-state index is 11.6. The second-order valence-electron chi connectivity index (χ2n) is 3.89. The molecule has 1 aromatic heterocycles. The Morgan fingerprint density at radius 3 is 2.74 bits per heavy atom. The van der Waals surface area contributed by atoms with E-state index in [1.165, 1.54) is 0 Å². The van der Waals surface area contributed by atoms with Gasteiger partial charge in [0.05, 0.1) is 13.1 Å². The van der Waals surface area contributed by atoms with Gasteiger partial charge >= 0.3 is 0 Å². The molecule has 0 spiro atoms. The van der Waals surface area contributed by atoms with Crippen LogP contribution in [0.1, 0.15) is 11.7 Å². The Morgan fingerprint density at radius 1 is 1.37 bits per heavy atom. The van der Waals surface area contributed by atoms with Gasteiger partial charge in [-0.05, 0) is 24.3 Å². The molecule has 19 heavy (non-hydrogen) atoms. The van der Waals surface area contributed by atoms with E-state index in [9.17, 15) is 4.79 Å². The summed E-state index contributed by atoms with van der Waals surface area (Å²) < 4.78 is 5.79. The number of halogens is 1. The summed E-state index contributed by atoms with van der Waals surface area (Å²) in [5.74, 6) is 0.924. The van der Waals surface area contributed by atoms with Crippen molar-refractivity contribution in [3.63, 3.8) is 0 Å². The van der Waals surface area contributed by atoms with Crippen LogP contribution in [0.3, 0.4) is 0 Å². The average Bonchev–Trinajstić information content (AvgIpc) is 2.78. The van der Waals surface area contributed by atoms with Crippen molar-refractivity contribution < 1.29 is 9.32 Å². The molecular formula is C12H13BrN4O2. The largest absolute Gasteiger partial charge is 0.340 e. The van der Waals surface area contributed by atoms with Crippen molar-refractivity contribution in [3.8, 4) is 0 Å². The lowest BCUT2D eigenvalue weighted by atomic mass is 10.3. The number of nitrogens with one attached hydrogen (secondary N) is 2. The van der Waals surface area contributed by atoms with E-state index in [4.69, 9.17) is 4.52 Å². The average molecular weight is 325 g/mol. The lowest BCUT2D eigenvalue weighted by Crippen LogP contribution is -2.28. The van der Waals surface area contributed by atoms with Gasteiger partial charge in [0.1, 0.15) is 0 Å². The van der Waals surface area contributed by atoms with Gasteiger partial charge in [-0.1, -0.05) is 21.1 Å². The Labute approximate surface area is 118 Å². The molecule has 2 N–H and O–H groups in total. The van der Waals surface area contributed by atoms with Crippen LogP contribution >= 0.6 is 15.9 Å². The van der Waals surface area contributed by atoms with Crippen LogP contribution in [0, 0.1) is 6.92 Å². The third kappa shape index (κ3) is 4.46. The van der Waals surface area contributed by atoms with Crippen molar-refractivity contribution in [2.24, 2.45) is 0 Å². The van der Waals surface area contributed by atoms with Crippen LogP contribution in [0.5, 0.6) is 0 Å². The normalized spacial score (nSPS) is 10.4. The monoisotopic (exact) mass is 324 g/mol. The maximum Gasteiger partial charge on any atom is 0.238 e. The molecule has 0 fully saturated rings. The first-order valence-corrected chi connectivity index (χ1v) is 6.48. The number of rotatable bonds is 5. The number of nitrogens with zero attached hydrogens (tertiary/aromatic N) is 2. The van der Waals surface area contributed by atoms with E-state index >= 15 is 0 Å². The van der Waals surface area contributed by atoms with E-state index in [0.717, 1.165) is 10.2 Å². The van der Waals surface area contributed by atoms with Crippen molar-refractivity contribution in [3.05, 3.63) is 40.5 Å². The first-order valence-electron chi connectivity index (χ1n) is 5.69. The van der Waals surface area contributed by atoms with Crippen LogP contribution in [-0.2, 0) is 11.3 Å². The van der Waals surface area contributed by atoms with Crippen molar-refractivity contribution >= 4 is 27.5 Å². The number of aryl methyl sites for hydroxylation is 1. The first kappa shape index (κ1) is 13.7. The number of carbonyl (C=O) groups excluding carboxylic acids is 1. The molecule has 0 unspecified atom stereocenters. The van der Waals surface area contributed by atoms with Gasteiger partial charge in [-0.2, -0.15) is 4.98 Å². The minimum Gasteiger partial charge on any atom is -0.340 e. The number of carbonyl (C=O) groups is 1. The number of aromatic nitrogens is 2. The first-order chi connectivity index (χ1) is 9.13. The molecule has 0 saturated heterocycles. The second-order valence-corrected chi connectivity index (χ2v) is 4.80. The van der Waals surface area contributed by atoms with Crippen LogP contribution < -0.4 is 10.6 Å². The highest BCUT2D eigenvalue weighted by atomic mass is 79.9. The second kappa shape index (κ2) is 6.44. The van der Waals surface area contributed by atoms with E-state index in [2.05, 4.69) is 36.7 Å². The highest BCUT2D eigenvalue weighted by Gasteiger charge is 2.04. The maximum atomic E-state index is 11.6. The molecular weight excluding hydrogens is 312 g/mol. The number of benzene rings is 1. The molecule has 1 aromatic carbocycles. The summed E-state index contributed by atoms with van der Waals surface area (Å²) in [6.45, 7) is 2.30. The Morgan fingerprint density at radius 2 is 2.11 bits per heavy atom. The van der Waals surface area contributed by atoms with E-state index in [1.807, 2.05) is 24.3 Å². The summed E-state index contributed by atoms with van der Waals surface area (Å²) in [4.78, 5) is 15.7. The SMILES string of the molecule is Cc1nc(CNCC(=O)Nc2ccc(Br)cc2)no1. The summed E-state index contributed by atoms with van der Waals surface area (Å²) in [7, 11) is 0. The Hall–Kier alpha value is -1.73. The fourth-order valence-electron chi connectivity index (χ4n) is 1.44. The van der Waals surface area contributed by atoms with Crippen LogP contribution in [0.15, 0.2) is 33.3 Å². The van der Waals surface area contributed by atoms with E-state index in [1.54, 1.807) is 6.92 Å². The highest BCUT2D eigenvalue weighted by Crippen LogP contribution is 2.13. The fraction of sp³-hybridized carbons (Fsp3) is 0.250. The number of hydrogen-bond donors (Lipinski definition) is 2. The van der Waals surface area contributed by atoms with Crippen LogP contribution in [-0.4, -0.2) is 22.6 Å². The Kier molecular flexibility index (Phi) is 4.64.